The number of hydrogen-bond donors (Lipinski definition) is 0. The summed E-state index contributed by atoms with van der Waals surface area (Å²) >= 11 is 5.59. The van der Waals surface area contributed by atoms with Gasteiger partial charge in [0.1, 0.15) is 16.8 Å². The van der Waals surface area contributed by atoms with E-state index in [-0.39, 0.29) is 5.92 Å². The molecule has 8 heteroatoms. The summed E-state index contributed by atoms with van der Waals surface area (Å²) in [6.45, 7) is 5.30. The first-order chi connectivity index (χ1) is 9.04. The van der Waals surface area contributed by atoms with Crippen LogP contribution in [0.1, 0.15) is 31.1 Å². The first-order valence-electron chi connectivity index (χ1n) is 5.68. The minimum Gasteiger partial charge on any atom is -0.459 e. The lowest BCUT2D eigenvalue weighted by Crippen LogP contribution is -2.21. The summed E-state index contributed by atoms with van der Waals surface area (Å²) in [5, 5.41) is -0.397. The van der Waals surface area contributed by atoms with Crippen molar-refractivity contribution in [2.24, 2.45) is 5.92 Å². The molecule has 0 saturated heterocycles. The second kappa shape index (κ2) is 6.28. The van der Waals surface area contributed by atoms with E-state index < -0.39 is 42.4 Å². The molecule has 0 amide bonds. The smallest absolute Gasteiger partial charge is 0.341 e. The highest BCUT2D eigenvalue weighted by molar-refractivity contribution is 8.13. The molecule has 4 nitrogen and oxygen atoms in total. The Morgan fingerprint density at radius 2 is 1.85 bits per heavy atom. The fraction of sp³-hybridized carbons (Fsp3) is 0.417. The first kappa shape index (κ1) is 17.2. The molecule has 1 unspecified atom stereocenters. The molecule has 0 aromatic heterocycles. The lowest BCUT2D eigenvalue weighted by Gasteiger charge is -2.17. The van der Waals surface area contributed by atoms with Crippen molar-refractivity contribution in [1.29, 1.82) is 0 Å². The number of rotatable bonds is 4. The summed E-state index contributed by atoms with van der Waals surface area (Å²) in [6, 6.07) is 1.49. The number of carbonyl (C=O) groups excluding carboxylic acids is 1. The van der Waals surface area contributed by atoms with Gasteiger partial charge in [0, 0.05) is 10.7 Å². The SMILES string of the molecule is CC(C)C(C)OC(=O)c1cc(S(=O)(=O)Cl)c(Cl)cc1F. The van der Waals surface area contributed by atoms with Gasteiger partial charge in [0.15, 0.2) is 0 Å². The maximum Gasteiger partial charge on any atom is 0.341 e. The summed E-state index contributed by atoms with van der Waals surface area (Å²) in [7, 11) is 0.977. The molecule has 1 atom stereocenters. The third-order valence-corrected chi connectivity index (χ3v) is 4.52. The lowest BCUT2D eigenvalue weighted by atomic mass is 10.1. The Bertz CT molecular complexity index is 629. The number of esters is 1. The molecule has 0 saturated carbocycles. The van der Waals surface area contributed by atoms with Gasteiger partial charge in [0.25, 0.3) is 9.05 Å². The minimum absolute atomic E-state index is 0.0329. The molecular weight excluding hydrogens is 330 g/mol. The van der Waals surface area contributed by atoms with Gasteiger partial charge in [-0.05, 0) is 25.0 Å². The Balaban J connectivity index is 3.22. The summed E-state index contributed by atoms with van der Waals surface area (Å²) in [6.07, 6.45) is -0.450. The van der Waals surface area contributed by atoms with Gasteiger partial charge in [-0.15, -0.1) is 0 Å². The quantitative estimate of drug-likeness (QED) is 0.619. The average molecular weight is 343 g/mol. The Labute approximate surface area is 126 Å². The van der Waals surface area contributed by atoms with Crippen molar-refractivity contribution >= 4 is 37.3 Å². The normalized spacial score (nSPS) is 13.3. The molecule has 0 bridgehead atoms. The monoisotopic (exact) mass is 342 g/mol. The zero-order valence-corrected chi connectivity index (χ0v) is 13.3. The van der Waals surface area contributed by atoms with Crippen molar-refractivity contribution in [2.45, 2.75) is 31.8 Å². The molecule has 112 valence electrons. The van der Waals surface area contributed by atoms with Crippen LogP contribution in [0, 0.1) is 11.7 Å². The predicted molar refractivity (Wildman–Crippen MR) is 74.2 cm³/mol. The minimum atomic E-state index is -4.19. The fourth-order valence-electron chi connectivity index (χ4n) is 1.24. The van der Waals surface area contributed by atoms with E-state index in [4.69, 9.17) is 27.0 Å². The third kappa shape index (κ3) is 4.07. The van der Waals surface area contributed by atoms with Gasteiger partial charge in [0.05, 0.1) is 10.6 Å². The highest BCUT2D eigenvalue weighted by Gasteiger charge is 2.24. The van der Waals surface area contributed by atoms with E-state index in [9.17, 15) is 17.6 Å². The summed E-state index contributed by atoms with van der Waals surface area (Å²) in [5.74, 6) is -1.91. The molecule has 0 aliphatic heterocycles. The highest BCUT2D eigenvalue weighted by Crippen LogP contribution is 2.28. The number of hydrogen-bond acceptors (Lipinski definition) is 4. The Kier molecular flexibility index (Phi) is 5.40. The van der Waals surface area contributed by atoms with Crippen LogP contribution < -0.4 is 0 Å². The number of ether oxygens (including phenoxy) is 1. The van der Waals surface area contributed by atoms with E-state index in [1.54, 1.807) is 6.92 Å². The van der Waals surface area contributed by atoms with Crippen molar-refractivity contribution in [1.82, 2.24) is 0 Å². The van der Waals surface area contributed by atoms with Crippen molar-refractivity contribution < 1.29 is 22.3 Å². The van der Waals surface area contributed by atoms with Crippen LogP contribution in [0.3, 0.4) is 0 Å². The first-order valence-corrected chi connectivity index (χ1v) is 8.37. The second-order valence-corrected chi connectivity index (χ2v) is 7.50. The van der Waals surface area contributed by atoms with Gasteiger partial charge in [-0.1, -0.05) is 25.4 Å². The topological polar surface area (TPSA) is 60.4 Å². The van der Waals surface area contributed by atoms with E-state index in [0.717, 1.165) is 6.07 Å². The summed E-state index contributed by atoms with van der Waals surface area (Å²) < 4.78 is 41.3. The third-order valence-electron chi connectivity index (χ3n) is 2.74. The zero-order chi connectivity index (χ0) is 15.7. The molecule has 20 heavy (non-hydrogen) atoms. The molecule has 0 N–H and O–H groups in total. The fourth-order valence-corrected chi connectivity index (χ4v) is 2.75. The van der Waals surface area contributed by atoms with Gasteiger partial charge >= 0.3 is 5.97 Å². The van der Waals surface area contributed by atoms with Crippen LogP contribution in [0.4, 0.5) is 4.39 Å². The zero-order valence-electron chi connectivity index (χ0n) is 11.0. The molecular formula is C12H13Cl2FO4S. The Morgan fingerprint density at radius 1 is 1.30 bits per heavy atom. The molecule has 0 spiro atoms. The van der Waals surface area contributed by atoms with E-state index >= 15 is 0 Å². The predicted octanol–water partition coefficient (Wildman–Crippen LogP) is 3.61. The molecule has 0 fully saturated rings. The van der Waals surface area contributed by atoms with Crippen LogP contribution in [0.5, 0.6) is 0 Å². The second-order valence-electron chi connectivity index (χ2n) is 4.55. The van der Waals surface area contributed by atoms with Crippen molar-refractivity contribution in [3.8, 4) is 0 Å². The van der Waals surface area contributed by atoms with Gasteiger partial charge in [-0.2, -0.15) is 0 Å². The van der Waals surface area contributed by atoms with E-state index in [2.05, 4.69) is 0 Å². The summed E-state index contributed by atoms with van der Waals surface area (Å²) in [5.41, 5.74) is -0.527. The van der Waals surface area contributed by atoms with Crippen molar-refractivity contribution in [3.05, 3.63) is 28.5 Å². The molecule has 0 radical (unpaired) electrons. The number of carbonyl (C=O) groups is 1. The summed E-state index contributed by atoms with van der Waals surface area (Å²) in [4.78, 5) is 11.3. The van der Waals surface area contributed by atoms with E-state index in [1.165, 1.54) is 0 Å². The van der Waals surface area contributed by atoms with Crippen LogP contribution in [0.25, 0.3) is 0 Å². The van der Waals surface area contributed by atoms with Crippen LogP contribution in [0.15, 0.2) is 17.0 Å². The van der Waals surface area contributed by atoms with Gasteiger partial charge < -0.3 is 4.74 Å². The van der Waals surface area contributed by atoms with Crippen LogP contribution in [-0.4, -0.2) is 20.5 Å². The molecule has 0 heterocycles. The van der Waals surface area contributed by atoms with Crippen molar-refractivity contribution in [3.63, 3.8) is 0 Å². The maximum absolute atomic E-state index is 13.7. The highest BCUT2D eigenvalue weighted by atomic mass is 35.7. The lowest BCUT2D eigenvalue weighted by molar-refractivity contribution is 0.0232. The van der Waals surface area contributed by atoms with Crippen molar-refractivity contribution in [2.75, 3.05) is 0 Å². The molecule has 0 aliphatic rings. The van der Waals surface area contributed by atoms with Gasteiger partial charge in [0.2, 0.25) is 0 Å². The van der Waals surface area contributed by atoms with Crippen LogP contribution in [-0.2, 0) is 13.8 Å². The molecule has 1 aromatic rings. The Hall–Kier alpha value is -0.850. The largest absolute Gasteiger partial charge is 0.459 e. The molecule has 0 aliphatic carbocycles. The van der Waals surface area contributed by atoms with Crippen LogP contribution in [0.2, 0.25) is 5.02 Å². The van der Waals surface area contributed by atoms with E-state index in [1.807, 2.05) is 13.8 Å². The Morgan fingerprint density at radius 3 is 2.30 bits per heavy atom. The molecule has 1 aromatic carbocycles. The number of halogens is 3. The average Bonchev–Trinajstić information content (AvgIpc) is 2.26. The van der Waals surface area contributed by atoms with Gasteiger partial charge in [-0.3, -0.25) is 0 Å². The maximum atomic E-state index is 13.7. The van der Waals surface area contributed by atoms with E-state index in [0.29, 0.717) is 6.07 Å². The molecule has 1 rings (SSSR count). The van der Waals surface area contributed by atoms with Crippen LogP contribution >= 0.6 is 22.3 Å². The van der Waals surface area contributed by atoms with Gasteiger partial charge in [-0.25, -0.2) is 17.6 Å². The standard InChI is InChI=1S/C12H13Cl2FO4S/c1-6(2)7(3)19-12(16)8-4-11(20(14,17)18)9(13)5-10(8)15/h4-7H,1-3H3. The number of benzene rings is 1.